The van der Waals surface area contributed by atoms with Gasteiger partial charge >= 0.3 is 0 Å². The molecule has 0 saturated carbocycles. The number of hydrogen-bond acceptors (Lipinski definition) is 6. The van der Waals surface area contributed by atoms with Crippen molar-refractivity contribution in [1.29, 1.82) is 0 Å². The van der Waals surface area contributed by atoms with Crippen molar-refractivity contribution in [2.45, 2.75) is 33.4 Å². The second-order valence-corrected chi connectivity index (χ2v) is 8.60. The van der Waals surface area contributed by atoms with Crippen molar-refractivity contribution in [3.63, 3.8) is 0 Å². The molecule has 1 amide bonds. The Balaban J connectivity index is 1.70. The van der Waals surface area contributed by atoms with E-state index >= 15 is 0 Å². The third-order valence-corrected chi connectivity index (χ3v) is 6.27. The van der Waals surface area contributed by atoms with Crippen LogP contribution in [0.4, 0.5) is 0 Å². The Morgan fingerprint density at radius 2 is 2.00 bits per heavy atom. The first-order valence-electron chi connectivity index (χ1n) is 11.5. The first kappa shape index (κ1) is 22.6. The Morgan fingerprint density at radius 1 is 1.17 bits per heavy atom. The molecule has 0 saturated heterocycles. The van der Waals surface area contributed by atoms with Crippen LogP contribution in [0.3, 0.4) is 0 Å². The van der Waals surface area contributed by atoms with E-state index in [1.807, 2.05) is 51.1 Å². The summed E-state index contributed by atoms with van der Waals surface area (Å²) >= 11 is 0. The minimum Gasteiger partial charge on any atom is -0.507 e. The molecule has 2 aromatic heterocycles. The third-order valence-electron chi connectivity index (χ3n) is 6.27. The fourth-order valence-corrected chi connectivity index (χ4v) is 4.85. The van der Waals surface area contributed by atoms with Gasteiger partial charge in [0.1, 0.15) is 22.9 Å². The number of furan rings is 1. The van der Waals surface area contributed by atoms with E-state index in [9.17, 15) is 9.90 Å². The summed E-state index contributed by atoms with van der Waals surface area (Å²) in [4.78, 5) is 15.3. The van der Waals surface area contributed by atoms with Gasteiger partial charge in [0, 0.05) is 11.1 Å². The number of rotatable bonds is 7. The highest BCUT2D eigenvalue weighted by Gasteiger charge is 2.43. The van der Waals surface area contributed by atoms with Crippen molar-refractivity contribution in [2.24, 2.45) is 0 Å². The standard InChI is InChI=1S/C27H27N3O5/c1-5-34-20-9-8-17(13-21(20)33-4)26-23-24(22-16(3)11-15(2)12-19(22)31)28-29-25(23)27(32)30(26)14-18-7-6-10-35-18/h6-13,26,31H,5,14H2,1-4H3,(H,28,29). The van der Waals surface area contributed by atoms with Crippen molar-refractivity contribution in [3.8, 4) is 28.5 Å². The predicted molar refractivity (Wildman–Crippen MR) is 130 cm³/mol. The monoisotopic (exact) mass is 473 g/mol. The molecule has 35 heavy (non-hydrogen) atoms. The molecule has 0 radical (unpaired) electrons. The van der Waals surface area contributed by atoms with Crippen LogP contribution in [0.15, 0.2) is 53.1 Å². The molecule has 180 valence electrons. The number of phenols is 1. The number of fused-ring (bicyclic) bond motifs is 1. The lowest BCUT2D eigenvalue weighted by atomic mass is 9.93. The first-order chi connectivity index (χ1) is 16.9. The van der Waals surface area contributed by atoms with Crippen molar-refractivity contribution in [2.75, 3.05) is 13.7 Å². The lowest BCUT2D eigenvalue weighted by Gasteiger charge is -2.26. The van der Waals surface area contributed by atoms with Crippen molar-refractivity contribution < 1.29 is 23.8 Å². The van der Waals surface area contributed by atoms with Gasteiger partial charge in [-0.2, -0.15) is 5.10 Å². The van der Waals surface area contributed by atoms with Crippen molar-refractivity contribution >= 4 is 5.91 Å². The number of methoxy groups -OCH3 is 1. The lowest BCUT2D eigenvalue weighted by molar-refractivity contribution is 0.0717. The van der Waals surface area contributed by atoms with Gasteiger partial charge in [-0.1, -0.05) is 12.1 Å². The Kier molecular flexibility index (Phi) is 5.72. The van der Waals surface area contributed by atoms with Crippen LogP contribution >= 0.6 is 0 Å². The number of aromatic nitrogens is 2. The van der Waals surface area contributed by atoms with E-state index in [0.29, 0.717) is 46.4 Å². The van der Waals surface area contributed by atoms with Crippen LogP contribution in [-0.2, 0) is 6.54 Å². The van der Waals surface area contributed by atoms with Crippen molar-refractivity contribution in [1.82, 2.24) is 15.1 Å². The molecule has 0 bridgehead atoms. The number of nitrogens with zero attached hydrogens (tertiary/aromatic N) is 2. The summed E-state index contributed by atoms with van der Waals surface area (Å²) in [6, 6.07) is 12.5. The van der Waals surface area contributed by atoms with E-state index < -0.39 is 6.04 Å². The lowest BCUT2D eigenvalue weighted by Crippen LogP contribution is -2.29. The van der Waals surface area contributed by atoms with Gasteiger partial charge < -0.3 is 23.9 Å². The maximum absolute atomic E-state index is 13.6. The molecule has 0 spiro atoms. The summed E-state index contributed by atoms with van der Waals surface area (Å²) in [6.45, 7) is 6.54. The molecule has 2 N–H and O–H groups in total. The molecule has 2 aromatic carbocycles. The summed E-state index contributed by atoms with van der Waals surface area (Å²) in [7, 11) is 1.59. The Labute approximate surface area is 203 Å². The van der Waals surface area contributed by atoms with Gasteiger partial charge in [0.15, 0.2) is 11.5 Å². The summed E-state index contributed by atoms with van der Waals surface area (Å²) in [5, 5.41) is 18.3. The molecule has 4 aromatic rings. The number of carbonyl (C=O) groups excluding carboxylic acids is 1. The molecule has 1 atom stereocenters. The molecule has 8 heteroatoms. The second kappa shape index (κ2) is 8.87. The Hall–Kier alpha value is -4.20. The molecule has 8 nitrogen and oxygen atoms in total. The highest BCUT2D eigenvalue weighted by atomic mass is 16.5. The van der Waals surface area contributed by atoms with E-state index in [1.54, 1.807) is 30.4 Å². The number of ether oxygens (including phenoxy) is 2. The third kappa shape index (κ3) is 3.80. The zero-order valence-corrected chi connectivity index (χ0v) is 20.1. The fraction of sp³-hybridized carbons (Fsp3) is 0.259. The zero-order chi connectivity index (χ0) is 24.7. The van der Waals surface area contributed by atoms with Crippen LogP contribution in [0.1, 0.15) is 51.5 Å². The fourth-order valence-electron chi connectivity index (χ4n) is 4.85. The number of aromatic amines is 1. The Bertz CT molecular complexity index is 1370. The van der Waals surface area contributed by atoms with Crippen molar-refractivity contribution in [3.05, 3.63) is 82.4 Å². The topological polar surface area (TPSA) is 101 Å². The van der Waals surface area contributed by atoms with E-state index in [1.165, 1.54) is 0 Å². The summed E-state index contributed by atoms with van der Waals surface area (Å²) < 4.78 is 16.8. The summed E-state index contributed by atoms with van der Waals surface area (Å²) in [6.07, 6.45) is 1.59. The smallest absolute Gasteiger partial charge is 0.273 e. The van der Waals surface area contributed by atoms with Gasteiger partial charge in [-0.25, -0.2) is 0 Å². The number of phenolic OH excluding ortho intramolecular Hbond substituents is 1. The predicted octanol–water partition coefficient (Wildman–Crippen LogP) is 5.14. The highest BCUT2D eigenvalue weighted by Crippen LogP contribution is 2.47. The van der Waals surface area contributed by atoms with Gasteiger partial charge in [0.2, 0.25) is 0 Å². The first-order valence-corrected chi connectivity index (χ1v) is 11.5. The number of hydrogen-bond donors (Lipinski definition) is 2. The summed E-state index contributed by atoms with van der Waals surface area (Å²) in [5.41, 5.74) is 4.89. The largest absolute Gasteiger partial charge is 0.507 e. The van der Waals surface area contributed by atoms with Crippen LogP contribution in [0, 0.1) is 13.8 Å². The average molecular weight is 474 g/mol. The number of aromatic hydroxyl groups is 1. The van der Waals surface area contributed by atoms with E-state index in [0.717, 1.165) is 16.7 Å². The van der Waals surface area contributed by atoms with E-state index in [4.69, 9.17) is 13.9 Å². The normalized spacial score (nSPS) is 14.9. The maximum Gasteiger partial charge on any atom is 0.273 e. The minimum absolute atomic E-state index is 0.122. The molecule has 0 aliphatic carbocycles. The molecule has 0 fully saturated rings. The van der Waals surface area contributed by atoms with Crippen LogP contribution in [-0.4, -0.2) is 39.8 Å². The number of carbonyl (C=O) groups is 1. The quantitative estimate of drug-likeness (QED) is 0.385. The van der Waals surface area contributed by atoms with Gasteiger partial charge in [-0.05, 0) is 67.8 Å². The zero-order valence-electron chi connectivity index (χ0n) is 20.1. The number of aryl methyl sites for hydroxylation is 2. The number of amides is 1. The summed E-state index contributed by atoms with van der Waals surface area (Å²) in [5.74, 6) is 1.78. The number of benzene rings is 2. The van der Waals surface area contributed by atoms with Gasteiger partial charge in [-0.15, -0.1) is 0 Å². The van der Waals surface area contributed by atoms with Crippen LogP contribution < -0.4 is 9.47 Å². The highest BCUT2D eigenvalue weighted by molar-refractivity contribution is 6.00. The molecule has 5 rings (SSSR count). The molecular weight excluding hydrogens is 446 g/mol. The average Bonchev–Trinajstić information content (AvgIpc) is 3.54. The number of H-pyrrole nitrogens is 1. The minimum atomic E-state index is -0.485. The molecular formula is C27H27N3O5. The van der Waals surface area contributed by atoms with Gasteiger partial charge in [-0.3, -0.25) is 9.89 Å². The SMILES string of the molecule is CCOc1ccc(C2c3c(-c4c(C)cc(C)cc4O)n[nH]c3C(=O)N2Cc2ccco2)cc1OC. The van der Waals surface area contributed by atoms with Gasteiger partial charge in [0.25, 0.3) is 5.91 Å². The maximum atomic E-state index is 13.6. The molecule has 3 heterocycles. The molecule has 1 aliphatic heterocycles. The second-order valence-electron chi connectivity index (χ2n) is 8.60. The van der Waals surface area contributed by atoms with Gasteiger partial charge in [0.05, 0.1) is 32.6 Å². The van der Waals surface area contributed by atoms with Crippen LogP contribution in [0.2, 0.25) is 0 Å². The van der Waals surface area contributed by atoms with Crippen LogP contribution in [0.25, 0.3) is 11.3 Å². The molecule has 1 aliphatic rings. The number of nitrogens with one attached hydrogen (secondary N) is 1. The van der Waals surface area contributed by atoms with E-state index in [2.05, 4.69) is 10.2 Å². The molecule has 1 unspecified atom stereocenters. The van der Waals surface area contributed by atoms with E-state index in [-0.39, 0.29) is 18.2 Å². The van der Waals surface area contributed by atoms with Crippen LogP contribution in [0.5, 0.6) is 17.2 Å². The Morgan fingerprint density at radius 3 is 2.69 bits per heavy atom.